The lowest BCUT2D eigenvalue weighted by molar-refractivity contribution is 0.202. The van der Waals surface area contributed by atoms with Crippen LogP contribution in [0.5, 0.6) is 0 Å². The van der Waals surface area contributed by atoms with Crippen LogP contribution in [0, 0.1) is 5.92 Å². The molecule has 1 fully saturated rings. The molecule has 0 spiro atoms. The second-order valence-corrected chi connectivity index (χ2v) is 8.18. The number of aryl methyl sites for hydroxylation is 1. The Bertz CT molecular complexity index is 556. The molecule has 0 aliphatic carbocycles. The zero-order valence-corrected chi connectivity index (χ0v) is 14.3. The quantitative estimate of drug-likeness (QED) is 0.773. The Balaban J connectivity index is 2.19. The first kappa shape index (κ1) is 16.8. The fourth-order valence-corrected chi connectivity index (χ4v) is 4.77. The molecule has 2 atom stereocenters. The highest BCUT2D eigenvalue weighted by molar-refractivity contribution is 7.89. The number of nitrogens with zero attached hydrogens (tertiary/aromatic N) is 1. The van der Waals surface area contributed by atoms with Gasteiger partial charge in [-0.05, 0) is 56.2 Å². The highest BCUT2D eigenvalue weighted by Gasteiger charge is 2.34. The standard InChI is InChI=1S/C16H24ClNO2S/c1-13-5-4-12-18(14(13)2)21(19,20)16-9-7-15(8-10-16)6-3-11-17/h7-10,13-14H,3-6,11-12H2,1-2H3. The van der Waals surface area contributed by atoms with Crippen LogP contribution in [0.25, 0.3) is 0 Å². The van der Waals surface area contributed by atoms with Crippen molar-refractivity contribution >= 4 is 21.6 Å². The Hall–Kier alpha value is -0.580. The number of rotatable bonds is 5. The van der Waals surface area contributed by atoms with E-state index in [1.54, 1.807) is 16.4 Å². The third-order valence-electron chi connectivity index (χ3n) is 4.44. The van der Waals surface area contributed by atoms with Gasteiger partial charge in [0.15, 0.2) is 0 Å². The van der Waals surface area contributed by atoms with E-state index in [4.69, 9.17) is 11.6 Å². The van der Waals surface area contributed by atoms with Crippen molar-refractivity contribution in [2.24, 2.45) is 5.92 Å². The molecule has 3 nitrogen and oxygen atoms in total. The van der Waals surface area contributed by atoms with E-state index < -0.39 is 10.0 Å². The number of hydrogen-bond acceptors (Lipinski definition) is 2. The van der Waals surface area contributed by atoms with Gasteiger partial charge in [-0.2, -0.15) is 4.31 Å². The van der Waals surface area contributed by atoms with Gasteiger partial charge in [-0.1, -0.05) is 19.1 Å². The maximum Gasteiger partial charge on any atom is 0.243 e. The van der Waals surface area contributed by atoms with Gasteiger partial charge in [-0.3, -0.25) is 0 Å². The Morgan fingerprint density at radius 2 is 1.90 bits per heavy atom. The predicted molar refractivity (Wildman–Crippen MR) is 87.2 cm³/mol. The number of hydrogen-bond donors (Lipinski definition) is 0. The molecule has 1 saturated heterocycles. The van der Waals surface area contributed by atoms with Crippen molar-refractivity contribution in [1.82, 2.24) is 4.31 Å². The zero-order chi connectivity index (χ0) is 15.5. The molecule has 0 aromatic heterocycles. The molecule has 2 unspecified atom stereocenters. The Morgan fingerprint density at radius 3 is 2.52 bits per heavy atom. The van der Waals surface area contributed by atoms with Gasteiger partial charge in [0.1, 0.15) is 0 Å². The molecule has 1 heterocycles. The van der Waals surface area contributed by atoms with Crippen molar-refractivity contribution in [3.8, 4) is 0 Å². The van der Waals surface area contributed by atoms with Gasteiger partial charge in [-0.15, -0.1) is 11.6 Å². The predicted octanol–water partition coefficient (Wildman–Crippen LogP) is 3.67. The van der Waals surface area contributed by atoms with Crippen LogP contribution in [0.1, 0.15) is 38.7 Å². The minimum absolute atomic E-state index is 0.0691. The van der Waals surface area contributed by atoms with E-state index in [0.29, 0.717) is 23.2 Å². The minimum atomic E-state index is -3.37. The third-order valence-corrected chi connectivity index (χ3v) is 6.71. The van der Waals surface area contributed by atoms with E-state index in [1.807, 2.05) is 19.1 Å². The van der Waals surface area contributed by atoms with Gasteiger partial charge in [0.05, 0.1) is 4.90 Å². The molecule has 0 bridgehead atoms. The van der Waals surface area contributed by atoms with Gasteiger partial charge in [0, 0.05) is 18.5 Å². The number of benzene rings is 1. The SMILES string of the molecule is CC1CCCN(S(=O)(=O)c2ccc(CCCCl)cc2)C1C. The van der Waals surface area contributed by atoms with E-state index >= 15 is 0 Å². The lowest BCUT2D eigenvalue weighted by Crippen LogP contribution is -2.45. The summed E-state index contributed by atoms with van der Waals surface area (Å²) < 4.78 is 27.2. The summed E-state index contributed by atoms with van der Waals surface area (Å²) in [5.41, 5.74) is 1.13. The summed E-state index contributed by atoms with van der Waals surface area (Å²) in [6.45, 7) is 4.76. The van der Waals surface area contributed by atoms with Gasteiger partial charge < -0.3 is 0 Å². The van der Waals surface area contributed by atoms with Crippen molar-refractivity contribution in [1.29, 1.82) is 0 Å². The molecule has 0 amide bonds. The van der Waals surface area contributed by atoms with Gasteiger partial charge in [-0.25, -0.2) is 8.42 Å². The van der Waals surface area contributed by atoms with E-state index in [9.17, 15) is 8.42 Å². The van der Waals surface area contributed by atoms with E-state index in [0.717, 1.165) is 31.2 Å². The van der Waals surface area contributed by atoms with Gasteiger partial charge in [0.25, 0.3) is 0 Å². The van der Waals surface area contributed by atoms with E-state index in [2.05, 4.69) is 6.92 Å². The van der Waals surface area contributed by atoms with E-state index in [-0.39, 0.29) is 6.04 Å². The summed E-state index contributed by atoms with van der Waals surface area (Å²) >= 11 is 5.68. The minimum Gasteiger partial charge on any atom is -0.207 e. The molecule has 2 rings (SSSR count). The summed E-state index contributed by atoms with van der Waals surface area (Å²) in [7, 11) is -3.37. The second kappa shape index (κ2) is 7.12. The largest absolute Gasteiger partial charge is 0.243 e. The van der Waals surface area contributed by atoms with Crippen molar-refractivity contribution in [2.45, 2.75) is 50.5 Å². The highest BCUT2D eigenvalue weighted by atomic mass is 35.5. The normalized spacial score (nSPS) is 24.1. The van der Waals surface area contributed by atoms with Gasteiger partial charge >= 0.3 is 0 Å². The molecule has 1 aliphatic heterocycles. The van der Waals surface area contributed by atoms with Gasteiger partial charge in [0.2, 0.25) is 10.0 Å². The maximum atomic E-state index is 12.8. The lowest BCUT2D eigenvalue weighted by Gasteiger charge is -2.36. The van der Waals surface area contributed by atoms with Crippen LogP contribution in [0.4, 0.5) is 0 Å². The number of sulfonamides is 1. The van der Waals surface area contributed by atoms with Crippen LogP contribution < -0.4 is 0 Å². The van der Waals surface area contributed by atoms with Crippen molar-refractivity contribution < 1.29 is 8.42 Å². The summed E-state index contributed by atoms with van der Waals surface area (Å²) in [6.07, 6.45) is 3.85. The average Bonchev–Trinajstić information content (AvgIpc) is 2.48. The molecular weight excluding hydrogens is 306 g/mol. The summed E-state index contributed by atoms with van der Waals surface area (Å²) in [4.78, 5) is 0.401. The fraction of sp³-hybridized carbons (Fsp3) is 0.625. The molecule has 118 valence electrons. The average molecular weight is 330 g/mol. The fourth-order valence-electron chi connectivity index (χ4n) is 2.87. The number of piperidine rings is 1. The molecule has 0 saturated carbocycles. The van der Waals surface area contributed by atoms with Crippen LogP contribution in [-0.2, 0) is 16.4 Å². The molecule has 0 radical (unpaired) electrons. The molecule has 5 heteroatoms. The van der Waals surface area contributed by atoms with Crippen LogP contribution in [0.3, 0.4) is 0 Å². The molecule has 1 aromatic carbocycles. The van der Waals surface area contributed by atoms with Crippen LogP contribution in [0.2, 0.25) is 0 Å². The first-order valence-electron chi connectivity index (χ1n) is 7.63. The van der Waals surface area contributed by atoms with Crippen LogP contribution >= 0.6 is 11.6 Å². The second-order valence-electron chi connectivity index (χ2n) is 5.91. The van der Waals surface area contributed by atoms with Crippen LogP contribution in [0.15, 0.2) is 29.2 Å². The monoisotopic (exact) mass is 329 g/mol. The Kier molecular flexibility index (Phi) is 5.69. The number of alkyl halides is 1. The molecule has 1 aliphatic rings. The summed E-state index contributed by atoms with van der Waals surface area (Å²) in [5.74, 6) is 1.04. The summed E-state index contributed by atoms with van der Waals surface area (Å²) in [6, 6.07) is 7.32. The first-order valence-corrected chi connectivity index (χ1v) is 9.61. The maximum absolute atomic E-state index is 12.8. The topological polar surface area (TPSA) is 37.4 Å². The Labute approximate surface area is 133 Å². The first-order chi connectivity index (χ1) is 9.96. The van der Waals surface area contributed by atoms with Crippen molar-refractivity contribution in [3.05, 3.63) is 29.8 Å². The Morgan fingerprint density at radius 1 is 1.24 bits per heavy atom. The third kappa shape index (κ3) is 3.79. The molecule has 1 aromatic rings. The molecule has 21 heavy (non-hydrogen) atoms. The number of halogens is 1. The van der Waals surface area contributed by atoms with Crippen molar-refractivity contribution in [3.63, 3.8) is 0 Å². The molecular formula is C16H24ClNO2S. The smallest absolute Gasteiger partial charge is 0.207 e. The lowest BCUT2D eigenvalue weighted by atomic mass is 9.94. The zero-order valence-electron chi connectivity index (χ0n) is 12.8. The molecule has 0 N–H and O–H groups in total. The highest BCUT2D eigenvalue weighted by Crippen LogP contribution is 2.28. The van der Waals surface area contributed by atoms with E-state index in [1.165, 1.54) is 0 Å². The van der Waals surface area contributed by atoms with Crippen molar-refractivity contribution in [2.75, 3.05) is 12.4 Å². The van der Waals surface area contributed by atoms with Crippen LogP contribution in [-0.4, -0.2) is 31.2 Å². The summed E-state index contributed by atoms with van der Waals surface area (Å²) in [5, 5.41) is 0.